The lowest BCUT2D eigenvalue weighted by atomic mass is 10.0. The van der Waals surface area contributed by atoms with Crippen LogP contribution in [0.1, 0.15) is 15.9 Å². The molecule has 0 atom stereocenters. The zero-order valence-corrected chi connectivity index (χ0v) is 9.27. The molecular weight excluding hydrogens is 219 g/mol. The summed E-state index contributed by atoms with van der Waals surface area (Å²) in [6, 6.07) is 7.78. The molecule has 0 aliphatic heterocycles. The van der Waals surface area contributed by atoms with Gasteiger partial charge in [0.2, 0.25) is 0 Å². The van der Waals surface area contributed by atoms with Crippen molar-refractivity contribution in [2.24, 2.45) is 5.73 Å². The van der Waals surface area contributed by atoms with E-state index in [-0.39, 0.29) is 11.3 Å². The third-order valence-corrected chi connectivity index (χ3v) is 2.45. The standard InChI is InChI=1S/C13H11FN2O/c1-8-4-5-11(14)10(7-8)12-9(13(15)17)3-2-6-16-12/h2-7H,1H3,(H2,15,17). The molecule has 1 amide bonds. The number of primary amides is 1. The average molecular weight is 230 g/mol. The van der Waals surface area contributed by atoms with Crippen molar-refractivity contribution in [2.75, 3.05) is 0 Å². The maximum absolute atomic E-state index is 13.7. The van der Waals surface area contributed by atoms with Gasteiger partial charge in [-0.05, 0) is 31.2 Å². The van der Waals surface area contributed by atoms with Crippen LogP contribution in [0.4, 0.5) is 4.39 Å². The van der Waals surface area contributed by atoms with Gasteiger partial charge in [-0.2, -0.15) is 0 Å². The normalized spacial score (nSPS) is 10.2. The van der Waals surface area contributed by atoms with Crippen LogP contribution in [-0.4, -0.2) is 10.9 Å². The Morgan fingerprint density at radius 2 is 2.12 bits per heavy atom. The zero-order chi connectivity index (χ0) is 12.4. The van der Waals surface area contributed by atoms with Crippen LogP contribution in [0.25, 0.3) is 11.3 Å². The minimum Gasteiger partial charge on any atom is -0.366 e. The second-order valence-corrected chi connectivity index (χ2v) is 3.75. The van der Waals surface area contributed by atoms with Gasteiger partial charge >= 0.3 is 0 Å². The smallest absolute Gasteiger partial charge is 0.250 e. The molecule has 0 spiro atoms. The number of pyridine rings is 1. The van der Waals surface area contributed by atoms with E-state index < -0.39 is 11.7 Å². The molecule has 1 heterocycles. The maximum atomic E-state index is 13.7. The van der Waals surface area contributed by atoms with E-state index in [9.17, 15) is 9.18 Å². The van der Waals surface area contributed by atoms with Crippen LogP contribution in [0.3, 0.4) is 0 Å². The molecule has 2 rings (SSSR count). The lowest BCUT2D eigenvalue weighted by Gasteiger charge is -2.07. The fourth-order valence-electron chi connectivity index (χ4n) is 1.64. The summed E-state index contributed by atoms with van der Waals surface area (Å²) in [5.41, 5.74) is 6.92. The van der Waals surface area contributed by atoms with Crippen LogP contribution in [0.2, 0.25) is 0 Å². The van der Waals surface area contributed by atoms with Gasteiger partial charge in [0.05, 0.1) is 11.3 Å². The van der Waals surface area contributed by atoms with Crippen LogP contribution < -0.4 is 5.73 Å². The van der Waals surface area contributed by atoms with E-state index in [1.807, 2.05) is 6.92 Å². The summed E-state index contributed by atoms with van der Waals surface area (Å²) in [6.07, 6.45) is 1.50. The quantitative estimate of drug-likeness (QED) is 0.860. The lowest BCUT2D eigenvalue weighted by Crippen LogP contribution is -2.13. The number of nitrogens with two attached hydrogens (primary N) is 1. The molecule has 1 aromatic heterocycles. The predicted octanol–water partition coefficient (Wildman–Crippen LogP) is 2.30. The Balaban J connectivity index is 2.68. The molecule has 0 saturated heterocycles. The van der Waals surface area contributed by atoms with Crippen molar-refractivity contribution in [1.29, 1.82) is 0 Å². The number of benzene rings is 1. The van der Waals surface area contributed by atoms with Crippen LogP contribution in [-0.2, 0) is 0 Å². The van der Waals surface area contributed by atoms with Crippen molar-refractivity contribution in [3.63, 3.8) is 0 Å². The highest BCUT2D eigenvalue weighted by Crippen LogP contribution is 2.24. The van der Waals surface area contributed by atoms with E-state index in [1.165, 1.54) is 18.3 Å². The first-order valence-electron chi connectivity index (χ1n) is 5.11. The van der Waals surface area contributed by atoms with Gasteiger partial charge in [0, 0.05) is 11.8 Å². The molecule has 0 bridgehead atoms. The first-order chi connectivity index (χ1) is 8.09. The second kappa shape index (κ2) is 4.33. The molecule has 1 aromatic carbocycles. The fourth-order valence-corrected chi connectivity index (χ4v) is 1.64. The number of hydrogen-bond donors (Lipinski definition) is 1. The summed E-state index contributed by atoms with van der Waals surface area (Å²) >= 11 is 0. The second-order valence-electron chi connectivity index (χ2n) is 3.75. The van der Waals surface area contributed by atoms with Crippen LogP contribution in [0.15, 0.2) is 36.5 Å². The highest BCUT2D eigenvalue weighted by Gasteiger charge is 2.14. The van der Waals surface area contributed by atoms with Crippen molar-refractivity contribution in [2.45, 2.75) is 6.92 Å². The van der Waals surface area contributed by atoms with Gasteiger partial charge in [-0.3, -0.25) is 9.78 Å². The first kappa shape index (κ1) is 11.3. The predicted molar refractivity (Wildman–Crippen MR) is 62.9 cm³/mol. The molecule has 0 saturated carbocycles. The number of rotatable bonds is 2. The van der Waals surface area contributed by atoms with Crippen molar-refractivity contribution in [1.82, 2.24) is 4.98 Å². The average Bonchev–Trinajstić information content (AvgIpc) is 2.32. The van der Waals surface area contributed by atoms with Gasteiger partial charge in [-0.25, -0.2) is 4.39 Å². The third kappa shape index (κ3) is 2.15. The van der Waals surface area contributed by atoms with Crippen LogP contribution in [0.5, 0.6) is 0 Å². The van der Waals surface area contributed by atoms with E-state index in [1.54, 1.807) is 18.2 Å². The summed E-state index contributed by atoms with van der Waals surface area (Å²) in [6.45, 7) is 1.84. The number of aryl methyl sites for hydroxylation is 1. The largest absolute Gasteiger partial charge is 0.366 e. The van der Waals surface area contributed by atoms with E-state index in [0.717, 1.165) is 5.56 Å². The highest BCUT2D eigenvalue weighted by atomic mass is 19.1. The number of aromatic nitrogens is 1. The van der Waals surface area contributed by atoms with Crippen molar-refractivity contribution in [3.8, 4) is 11.3 Å². The molecule has 3 nitrogen and oxygen atoms in total. The number of nitrogens with zero attached hydrogens (tertiary/aromatic N) is 1. The van der Waals surface area contributed by atoms with Gasteiger partial charge in [0.25, 0.3) is 5.91 Å². The molecule has 0 radical (unpaired) electrons. The Labute approximate surface area is 98.1 Å². The Kier molecular flexibility index (Phi) is 2.87. The summed E-state index contributed by atoms with van der Waals surface area (Å²) < 4.78 is 13.7. The molecule has 2 aromatic rings. The number of amides is 1. The van der Waals surface area contributed by atoms with Crippen molar-refractivity contribution in [3.05, 3.63) is 53.5 Å². The topological polar surface area (TPSA) is 56.0 Å². The van der Waals surface area contributed by atoms with Gasteiger partial charge in [0.1, 0.15) is 5.82 Å². The summed E-state index contributed by atoms with van der Waals surface area (Å²) in [5.74, 6) is -1.04. The molecule has 0 aliphatic rings. The Morgan fingerprint density at radius 3 is 2.82 bits per heavy atom. The van der Waals surface area contributed by atoms with Gasteiger partial charge < -0.3 is 5.73 Å². The number of carbonyl (C=O) groups excluding carboxylic acids is 1. The SMILES string of the molecule is Cc1ccc(F)c(-c2ncccc2C(N)=O)c1. The van der Waals surface area contributed by atoms with E-state index in [4.69, 9.17) is 5.73 Å². The minimum atomic E-state index is -0.617. The molecule has 0 unspecified atom stereocenters. The van der Waals surface area contributed by atoms with Gasteiger partial charge in [0.15, 0.2) is 0 Å². The maximum Gasteiger partial charge on any atom is 0.250 e. The van der Waals surface area contributed by atoms with E-state index in [2.05, 4.69) is 4.98 Å². The number of carbonyl (C=O) groups is 1. The van der Waals surface area contributed by atoms with E-state index >= 15 is 0 Å². The van der Waals surface area contributed by atoms with Gasteiger partial charge in [-0.1, -0.05) is 11.6 Å². The molecule has 17 heavy (non-hydrogen) atoms. The monoisotopic (exact) mass is 230 g/mol. The third-order valence-electron chi connectivity index (χ3n) is 2.45. The minimum absolute atomic E-state index is 0.219. The van der Waals surface area contributed by atoms with Crippen LogP contribution >= 0.6 is 0 Å². The first-order valence-corrected chi connectivity index (χ1v) is 5.11. The lowest BCUT2D eigenvalue weighted by molar-refractivity contribution is 0.100. The van der Waals surface area contributed by atoms with Crippen LogP contribution in [0, 0.1) is 12.7 Å². The number of hydrogen-bond acceptors (Lipinski definition) is 2. The molecular formula is C13H11FN2O. The Bertz CT molecular complexity index is 581. The van der Waals surface area contributed by atoms with Crippen molar-refractivity contribution < 1.29 is 9.18 Å². The zero-order valence-electron chi connectivity index (χ0n) is 9.27. The number of halogens is 1. The van der Waals surface area contributed by atoms with Crippen molar-refractivity contribution >= 4 is 5.91 Å². The highest BCUT2D eigenvalue weighted by molar-refractivity contribution is 5.98. The molecule has 0 aliphatic carbocycles. The molecule has 86 valence electrons. The Hall–Kier alpha value is -2.23. The summed E-state index contributed by atoms with van der Waals surface area (Å²) in [4.78, 5) is 15.3. The van der Waals surface area contributed by atoms with Gasteiger partial charge in [-0.15, -0.1) is 0 Å². The van der Waals surface area contributed by atoms with E-state index in [0.29, 0.717) is 5.56 Å². The Morgan fingerprint density at radius 1 is 1.35 bits per heavy atom. The fraction of sp³-hybridized carbons (Fsp3) is 0.0769. The summed E-state index contributed by atoms with van der Waals surface area (Å²) in [5, 5.41) is 0. The molecule has 0 fully saturated rings. The molecule has 2 N–H and O–H groups in total. The molecule has 4 heteroatoms. The summed E-state index contributed by atoms with van der Waals surface area (Å²) in [7, 11) is 0.